The second kappa shape index (κ2) is 5.62. The van der Waals surface area contributed by atoms with Crippen LogP contribution in [0.2, 0.25) is 0 Å². The van der Waals surface area contributed by atoms with Gasteiger partial charge in [0.05, 0.1) is 10.5 Å². The number of benzene rings is 2. The molecule has 0 unspecified atom stereocenters. The molecule has 2 rings (SSSR count). The Morgan fingerprint density at radius 2 is 1.90 bits per heavy atom. The van der Waals surface area contributed by atoms with Crippen molar-refractivity contribution >= 4 is 23.0 Å². The van der Waals surface area contributed by atoms with Gasteiger partial charge in [0.1, 0.15) is 5.69 Å². The van der Waals surface area contributed by atoms with E-state index >= 15 is 0 Å². The van der Waals surface area contributed by atoms with Crippen LogP contribution in [0.5, 0.6) is 0 Å². The zero-order chi connectivity index (χ0) is 15.6. The Morgan fingerprint density at radius 1 is 1.19 bits per heavy atom. The van der Waals surface area contributed by atoms with Gasteiger partial charge in [-0.15, -0.1) is 0 Å². The van der Waals surface area contributed by atoms with Crippen LogP contribution in [0.15, 0.2) is 36.4 Å². The summed E-state index contributed by atoms with van der Waals surface area (Å²) in [5.74, 6) is -0.999. The number of carboxylic acids is 1. The summed E-state index contributed by atoms with van der Waals surface area (Å²) in [4.78, 5) is 21.7. The van der Waals surface area contributed by atoms with E-state index in [0.717, 1.165) is 0 Å². The van der Waals surface area contributed by atoms with Crippen LogP contribution < -0.4 is 5.32 Å². The normalized spacial score (nSPS) is 10.2. The summed E-state index contributed by atoms with van der Waals surface area (Å²) >= 11 is 0. The van der Waals surface area contributed by atoms with E-state index in [2.05, 4.69) is 5.32 Å². The fourth-order valence-electron chi connectivity index (χ4n) is 2.14. The van der Waals surface area contributed by atoms with Crippen LogP contribution in [0, 0.1) is 24.0 Å². The summed E-state index contributed by atoms with van der Waals surface area (Å²) in [5.41, 5.74) is 2.34. The predicted molar refractivity (Wildman–Crippen MR) is 79.3 cm³/mol. The lowest BCUT2D eigenvalue weighted by atomic mass is 10.1. The van der Waals surface area contributed by atoms with Crippen molar-refractivity contribution in [3.63, 3.8) is 0 Å². The fourth-order valence-corrected chi connectivity index (χ4v) is 2.14. The number of hydrogen-bond acceptors (Lipinski definition) is 4. The lowest BCUT2D eigenvalue weighted by molar-refractivity contribution is -0.384. The van der Waals surface area contributed by atoms with Gasteiger partial charge in [0.15, 0.2) is 0 Å². The molecule has 2 aromatic rings. The van der Waals surface area contributed by atoms with Gasteiger partial charge in [-0.25, -0.2) is 4.79 Å². The summed E-state index contributed by atoms with van der Waals surface area (Å²) in [5, 5.41) is 23.1. The highest BCUT2D eigenvalue weighted by Crippen LogP contribution is 2.31. The first-order chi connectivity index (χ1) is 9.90. The molecule has 2 aromatic carbocycles. The number of carbonyl (C=O) groups is 1. The van der Waals surface area contributed by atoms with Gasteiger partial charge in [0.25, 0.3) is 5.69 Å². The minimum absolute atomic E-state index is 0.0115. The number of carboxylic acid groups (broad SMARTS) is 1. The quantitative estimate of drug-likeness (QED) is 0.661. The molecule has 21 heavy (non-hydrogen) atoms. The molecule has 0 spiro atoms. The first-order valence-electron chi connectivity index (χ1n) is 6.25. The molecule has 0 saturated heterocycles. The second-order valence-corrected chi connectivity index (χ2v) is 4.69. The van der Waals surface area contributed by atoms with E-state index in [9.17, 15) is 14.9 Å². The van der Waals surface area contributed by atoms with Crippen molar-refractivity contribution in [1.29, 1.82) is 0 Å². The van der Waals surface area contributed by atoms with E-state index in [1.807, 2.05) is 0 Å². The molecule has 0 bridgehead atoms. The molecule has 0 saturated carbocycles. The topological polar surface area (TPSA) is 92.5 Å². The fraction of sp³-hybridized carbons (Fsp3) is 0.133. The maximum Gasteiger partial charge on any atom is 0.335 e. The molecule has 0 radical (unpaired) electrons. The van der Waals surface area contributed by atoms with Crippen molar-refractivity contribution < 1.29 is 14.8 Å². The van der Waals surface area contributed by atoms with Crippen LogP contribution >= 0.6 is 0 Å². The molecule has 0 heterocycles. The summed E-state index contributed by atoms with van der Waals surface area (Å²) in [6, 6.07) is 9.72. The summed E-state index contributed by atoms with van der Waals surface area (Å²) < 4.78 is 0. The highest BCUT2D eigenvalue weighted by atomic mass is 16.6. The third-order valence-electron chi connectivity index (χ3n) is 3.16. The third kappa shape index (κ3) is 3.00. The molecule has 0 aliphatic carbocycles. The van der Waals surface area contributed by atoms with E-state index in [1.165, 1.54) is 6.07 Å². The average Bonchev–Trinajstić information content (AvgIpc) is 2.37. The number of anilines is 2. The lowest BCUT2D eigenvalue weighted by Gasteiger charge is -2.10. The summed E-state index contributed by atoms with van der Waals surface area (Å²) in [6.07, 6.45) is 0. The van der Waals surface area contributed by atoms with Gasteiger partial charge >= 0.3 is 5.97 Å². The van der Waals surface area contributed by atoms with Gasteiger partial charge in [-0.1, -0.05) is 12.1 Å². The first-order valence-corrected chi connectivity index (χ1v) is 6.25. The first kappa shape index (κ1) is 14.5. The lowest BCUT2D eigenvalue weighted by Crippen LogP contribution is -2.02. The Labute approximate surface area is 121 Å². The van der Waals surface area contributed by atoms with Crippen molar-refractivity contribution in [3.05, 3.63) is 63.2 Å². The standard InChI is InChI=1S/C15H14N2O4/c1-9-4-3-5-13(14(9)17(20)21)16-11-6-7-12(15(18)19)10(2)8-11/h3-8,16H,1-2H3,(H,18,19). The Balaban J connectivity index is 2.39. The molecular formula is C15H14N2O4. The predicted octanol–water partition coefficient (Wildman–Crippen LogP) is 3.65. The van der Waals surface area contributed by atoms with Crippen molar-refractivity contribution in [3.8, 4) is 0 Å². The van der Waals surface area contributed by atoms with Crippen LogP contribution in [0.3, 0.4) is 0 Å². The van der Waals surface area contributed by atoms with Crippen LogP contribution in [0.1, 0.15) is 21.5 Å². The van der Waals surface area contributed by atoms with Gasteiger partial charge in [-0.2, -0.15) is 0 Å². The second-order valence-electron chi connectivity index (χ2n) is 4.69. The van der Waals surface area contributed by atoms with Crippen molar-refractivity contribution in [1.82, 2.24) is 0 Å². The Kier molecular flexibility index (Phi) is 3.89. The largest absolute Gasteiger partial charge is 0.478 e. The van der Waals surface area contributed by atoms with Crippen LogP contribution in [0.25, 0.3) is 0 Å². The molecule has 0 atom stereocenters. The molecule has 6 heteroatoms. The van der Waals surface area contributed by atoms with Crippen molar-refractivity contribution in [2.75, 3.05) is 5.32 Å². The van der Waals surface area contributed by atoms with Crippen LogP contribution in [0.4, 0.5) is 17.1 Å². The molecule has 0 fully saturated rings. The number of nitro groups is 1. The number of nitro benzene ring substituents is 1. The van der Waals surface area contributed by atoms with Gasteiger partial charge < -0.3 is 10.4 Å². The van der Waals surface area contributed by atoms with Gasteiger partial charge in [-0.3, -0.25) is 10.1 Å². The maximum absolute atomic E-state index is 11.1. The van der Waals surface area contributed by atoms with Gasteiger partial charge in [0.2, 0.25) is 0 Å². The van der Waals surface area contributed by atoms with E-state index in [-0.39, 0.29) is 11.3 Å². The monoisotopic (exact) mass is 286 g/mol. The number of nitrogens with one attached hydrogen (secondary N) is 1. The highest BCUT2D eigenvalue weighted by molar-refractivity contribution is 5.90. The minimum Gasteiger partial charge on any atom is -0.478 e. The number of aryl methyl sites for hydroxylation is 2. The van der Waals surface area contributed by atoms with E-state index in [0.29, 0.717) is 22.5 Å². The van der Waals surface area contributed by atoms with Crippen LogP contribution in [-0.2, 0) is 0 Å². The van der Waals surface area contributed by atoms with Gasteiger partial charge in [0, 0.05) is 11.3 Å². The molecule has 0 aromatic heterocycles. The SMILES string of the molecule is Cc1cc(Nc2cccc(C)c2[N+](=O)[O-])ccc1C(=O)O. The zero-order valence-corrected chi connectivity index (χ0v) is 11.6. The molecule has 0 aliphatic heterocycles. The van der Waals surface area contributed by atoms with Gasteiger partial charge in [-0.05, 0) is 43.7 Å². The highest BCUT2D eigenvalue weighted by Gasteiger charge is 2.17. The third-order valence-corrected chi connectivity index (χ3v) is 3.16. The Hall–Kier alpha value is -2.89. The average molecular weight is 286 g/mol. The van der Waals surface area contributed by atoms with E-state index in [1.54, 1.807) is 44.2 Å². The Morgan fingerprint density at radius 3 is 2.48 bits per heavy atom. The maximum atomic E-state index is 11.1. The van der Waals surface area contributed by atoms with E-state index in [4.69, 9.17) is 5.11 Å². The smallest absolute Gasteiger partial charge is 0.335 e. The van der Waals surface area contributed by atoms with Crippen molar-refractivity contribution in [2.24, 2.45) is 0 Å². The molecule has 6 nitrogen and oxygen atoms in total. The number of aromatic carboxylic acids is 1. The number of para-hydroxylation sites is 1. The van der Waals surface area contributed by atoms with Crippen molar-refractivity contribution in [2.45, 2.75) is 13.8 Å². The Bertz CT molecular complexity index is 726. The molecule has 2 N–H and O–H groups in total. The molecule has 0 amide bonds. The number of hydrogen-bond donors (Lipinski definition) is 2. The zero-order valence-electron chi connectivity index (χ0n) is 11.6. The summed E-state index contributed by atoms with van der Waals surface area (Å²) in [6.45, 7) is 3.35. The summed E-state index contributed by atoms with van der Waals surface area (Å²) in [7, 11) is 0. The van der Waals surface area contributed by atoms with Crippen LogP contribution in [-0.4, -0.2) is 16.0 Å². The van der Waals surface area contributed by atoms with E-state index < -0.39 is 10.9 Å². The molecular weight excluding hydrogens is 272 g/mol. The minimum atomic E-state index is -0.999. The number of rotatable bonds is 4. The molecule has 0 aliphatic rings. The number of nitrogens with zero attached hydrogens (tertiary/aromatic N) is 1. The molecule has 108 valence electrons.